The minimum Gasteiger partial charge on any atom is -0.478 e. The molecule has 0 spiro atoms. The minimum absolute atomic E-state index is 0.0244. The molecule has 7 nitrogen and oxygen atoms in total. The van der Waals surface area contributed by atoms with Crippen molar-refractivity contribution in [2.45, 2.75) is 6.54 Å². The average molecular weight is 260 g/mol. The molecule has 2 rings (SSSR count). The van der Waals surface area contributed by atoms with Gasteiger partial charge in [-0.25, -0.2) is 4.79 Å². The van der Waals surface area contributed by atoms with Gasteiger partial charge in [-0.1, -0.05) is 6.07 Å². The van der Waals surface area contributed by atoms with E-state index in [1.54, 1.807) is 18.5 Å². The molecule has 0 saturated carbocycles. The lowest BCUT2D eigenvalue weighted by molar-refractivity contribution is 0.0690. The Hall–Kier alpha value is -2.70. The van der Waals surface area contributed by atoms with Crippen LogP contribution in [-0.2, 0) is 13.6 Å². The van der Waals surface area contributed by atoms with Crippen LogP contribution in [0.5, 0.6) is 0 Å². The molecule has 0 aliphatic carbocycles. The van der Waals surface area contributed by atoms with Crippen LogP contribution in [0, 0.1) is 0 Å². The average Bonchev–Trinajstić information content (AvgIpc) is 2.79. The van der Waals surface area contributed by atoms with E-state index in [1.165, 1.54) is 11.7 Å². The maximum Gasteiger partial charge on any atom is 0.339 e. The second-order valence-corrected chi connectivity index (χ2v) is 3.88. The lowest BCUT2D eigenvalue weighted by Gasteiger charge is -2.06. The lowest BCUT2D eigenvalue weighted by atomic mass is 10.2. The van der Waals surface area contributed by atoms with Crippen LogP contribution in [0.2, 0.25) is 0 Å². The molecule has 2 N–H and O–H groups in total. The van der Waals surface area contributed by atoms with Crippen LogP contribution in [0.15, 0.2) is 30.7 Å². The molecule has 2 aromatic heterocycles. The van der Waals surface area contributed by atoms with Gasteiger partial charge in [-0.2, -0.15) is 5.10 Å². The molecule has 0 bridgehead atoms. The zero-order valence-electron chi connectivity index (χ0n) is 10.2. The summed E-state index contributed by atoms with van der Waals surface area (Å²) in [5, 5.41) is 15.4. The normalized spacial score (nSPS) is 10.2. The molecular formula is C12H12N4O3. The van der Waals surface area contributed by atoms with Gasteiger partial charge in [0.2, 0.25) is 0 Å². The van der Waals surface area contributed by atoms with Crippen molar-refractivity contribution in [2.24, 2.45) is 7.05 Å². The maximum absolute atomic E-state index is 12.0. The quantitative estimate of drug-likeness (QED) is 0.831. The van der Waals surface area contributed by atoms with E-state index in [-0.39, 0.29) is 17.8 Å². The predicted molar refractivity (Wildman–Crippen MR) is 65.6 cm³/mol. The number of amides is 1. The molecule has 0 aliphatic rings. The van der Waals surface area contributed by atoms with E-state index in [0.717, 1.165) is 11.8 Å². The van der Waals surface area contributed by atoms with Crippen LogP contribution >= 0.6 is 0 Å². The van der Waals surface area contributed by atoms with E-state index >= 15 is 0 Å². The highest BCUT2D eigenvalue weighted by Gasteiger charge is 2.21. The largest absolute Gasteiger partial charge is 0.478 e. The van der Waals surface area contributed by atoms with Crippen molar-refractivity contribution in [3.63, 3.8) is 0 Å². The van der Waals surface area contributed by atoms with Crippen molar-refractivity contribution in [1.29, 1.82) is 0 Å². The Morgan fingerprint density at radius 1 is 1.42 bits per heavy atom. The molecule has 0 atom stereocenters. The number of nitrogens with zero attached hydrogens (tertiary/aromatic N) is 3. The molecular weight excluding hydrogens is 248 g/mol. The van der Waals surface area contributed by atoms with E-state index < -0.39 is 11.9 Å². The molecule has 2 aromatic rings. The first-order valence-electron chi connectivity index (χ1n) is 5.52. The topological polar surface area (TPSA) is 97.1 Å². The number of aromatic nitrogens is 3. The number of carbonyl (C=O) groups is 2. The Morgan fingerprint density at radius 3 is 2.84 bits per heavy atom. The first-order chi connectivity index (χ1) is 9.09. The molecule has 1 amide bonds. The number of carbonyl (C=O) groups excluding carboxylic acids is 1. The van der Waals surface area contributed by atoms with E-state index in [2.05, 4.69) is 15.4 Å². The minimum atomic E-state index is -1.18. The number of hydrogen-bond acceptors (Lipinski definition) is 4. The number of carboxylic acids is 1. The number of aromatic carboxylic acids is 1. The summed E-state index contributed by atoms with van der Waals surface area (Å²) in [4.78, 5) is 26.9. The van der Waals surface area contributed by atoms with Crippen LogP contribution in [0.3, 0.4) is 0 Å². The summed E-state index contributed by atoms with van der Waals surface area (Å²) < 4.78 is 1.24. The van der Waals surface area contributed by atoms with Crippen LogP contribution in [0.25, 0.3) is 0 Å². The van der Waals surface area contributed by atoms with Gasteiger partial charge in [0.25, 0.3) is 5.91 Å². The smallest absolute Gasteiger partial charge is 0.339 e. The van der Waals surface area contributed by atoms with Gasteiger partial charge in [0.15, 0.2) is 0 Å². The molecule has 7 heteroatoms. The van der Waals surface area contributed by atoms with Crippen LogP contribution in [0.1, 0.15) is 26.4 Å². The highest BCUT2D eigenvalue weighted by atomic mass is 16.4. The van der Waals surface area contributed by atoms with E-state index in [4.69, 9.17) is 5.11 Å². The second kappa shape index (κ2) is 5.30. The molecule has 98 valence electrons. The SMILES string of the molecule is Cn1ncc(C(=O)O)c1C(=O)NCc1cccnc1. The standard InChI is InChI=1S/C12H12N4O3/c1-16-10(9(7-15-16)12(18)19)11(17)14-6-8-3-2-4-13-5-8/h2-5,7H,6H2,1H3,(H,14,17)(H,18,19). The predicted octanol–water partition coefficient (Wildman–Crippen LogP) is 0.443. The fraction of sp³-hybridized carbons (Fsp3) is 0.167. The first-order valence-corrected chi connectivity index (χ1v) is 5.52. The maximum atomic E-state index is 12.0. The Morgan fingerprint density at radius 2 is 2.21 bits per heavy atom. The van der Waals surface area contributed by atoms with E-state index in [1.807, 2.05) is 6.07 Å². The number of nitrogens with one attached hydrogen (secondary N) is 1. The van der Waals surface area contributed by atoms with Crippen LogP contribution in [0.4, 0.5) is 0 Å². The van der Waals surface area contributed by atoms with Gasteiger partial charge in [-0.15, -0.1) is 0 Å². The number of carboxylic acid groups (broad SMARTS) is 1. The summed E-state index contributed by atoms with van der Waals surface area (Å²) in [6.45, 7) is 0.275. The van der Waals surface area contributed by atoms with Gasteiger partial charge in [-0.05, 0) is 11.6 Å². The van der Waals surface area contributed by atoms with Gasteiger partial charge >= 0.3 is 5.97 Å². The number of pyridine rings is 1. The molecule has 0 unspecified atom stereocenters. The van der Waals surface area contributed by atoms with Gasteiger partial charge in [-0.3, -0.25) is 14.5 Å². The Bertz CT molecular complexity index is 607. The van der Waals surface area contributed by atoms with Gasteiger partial charge in [0.05, 0.1) is 6.20 Å². The third-order valence-electron chi connectivity index (χ3n) is 2.56. The summed E-state index contributed by atoms with van der Waals surface area (Å²) in [5.41, 5.74) is 0.734. The molecule has 2 heterocycles. The van der Waals surface area contributed by atoms with Crippen molar-refractivity contribution >= 4 is 11.9 Å². The lowest BCUT2D eigenvalue weighted by Crippen LogP contribution is -2.27. The molecule has 0 fully saturated rings. The van der Waals surface area contributed by atoms with E-state index in [9.17, 15) is 9.59 Å². The third kappa shape index (κ3) is 2.76. The van der Waals surface area contributed by atoms with Crippen molar-refractivity contribution in [3.05, 3.63) is 47.5 Å². The Balaban J connectivity index is 2.12. The number of rotatable bonds is 4. The zero-order valence-corrected chi connectivity index (χ0v) is 10.2. The van der Waals surface area contributed by atoms with Crippen molar-refractivity contribution in [3.8, 4) is 0 Å². The monoisotopic (exact) mass is 260 g/mol. The molecule has 19 heavy (non-hydrogen) atoms. The molecule has 0 saturated heterocycles. The van der Waals surface area contributed by atoms with E-state index in [0.29, 0.717) is 0 Å². The Labute approximate surface area is 108 Å². The van der Waals surface area contributed by atoms with Crippen LogP contribution in [-0.4, -0.2) is 31.7 Å². The number of aryl methyl sites for hydroxylation is 1. The summed E-state index contributed by atoms with van der Waals surface area (Å²) in [6, 6.07) is 3.57. The summed E-state index contributed by atoms with van der Waals surface area (Å²) in [6.07, 6.45) is 4.41. The fourth-order valence-electron chi connectivity index (χ4n) is 1.63. The summed E-state index contributed by atoms with van der Waals surface area (Å²) in [5.74, 6) is -1.67. The van der Waals surface area contributed by atoms with Crippen molar-refractivity contribution in [2.75, 3.05) is 0 Å². The van der Waals surface area contributed by atoms with Gasteiger partial charge in [0, 0.05) is 26.0 Å². The van der Waals surface area contributed by atoms with Crippen molar-refractivity contribution in [1.82, 2.24) is 20.1 Å². The number of hydrogen-bond donors (Lipinski definition) is 2. The first kappa shape index (κ1) is 12.7. The fourth-order valence-corrected chi connectivity index (χ4v) is 1.63. The zero-order chi connectivity index (χ0) is 13.8. The third-order valence-corrected chi connectivity index (χ3v) is 2.56. The Kier molecular flexibility index (Phi) is 3.56. The van der Waals surface area contributed by atoms with Crippen molar-refractivity contribution < 1.29 is 14.7 Å². The van der Waals surface area contributed by atoms with Gasteiger partial charge < -0.3 is 10.4 Å². The highest BCUT2D eigenvalue weighted by molar-refractivity contribution is 6.03. The molecule has 0 aromatic carbocycles. The second-order valence-electron chi connectivity index (χ2n) is 3.88. The summed E-state index contributed by atoms with van der Waals surface area (Å²) in [7, 11) is 1.52. The highest BCUT2D eigenvalue weighted by Crippen LogP contribution is 2.07. The van der Waals surface area contributed by atoms with Gasteiger partial charge in [0.1, 0.15) is 11.3 Å². The van der Waals surface area contributed by atoms with Crippen LogP contribution < -0.4 is 5.32 Å². The summed E-state index contributed by atoms with van der Waals surface area (Å²) >= 11 is 0. The molecule has 0 aliphatic heterocycles. The molecule has 0 radical (unpaired) electrons.